The molecule has 2 rings (SSSR count). The summed E-state index contributed by atoms with van der Waals surface area (Å²) in [6.07, 6.45) is 1.67. The molecule has 1 N–H and O–H groups in total. The van der Waals surface area contributed by atoms with Crippen LogP contribution in [0.15, 0.2) is 47.1 Å². The largest absolute Gasteiger partial charge is 0.497 e. The fraction of sp³-hybridized carbons (Fsp3) is 0.200. The number of ketones is 1. The molecule has 0 radical (unpaired) electrons. The molecule has 1 amide bonds. The number of ether oxygens (including phenoxy) is 1. The Kier molecular flexibility index (Phi) is 4.55. The van der Waals surface area contributed by atoms with Crippen LogP contribution in [0.5, 0.6) is 5.75 Å². The molecule has 20 heavy (non-hydrogen) atoms. The summed E-state index contributed by atoms with van der Waals surface area (Å²) < 4.78 is 10.0. The summed E-state index contributed by atoms with van der Waals surface area (Å²) in [4.78, 5) is 23.4. The van der Waals surface area contributed by atoms with Gasteiger partial charge in [0.25, 0.3) is 0 Å². The van der Waals surface area contributed by atoms with Crippen molar-refractivity contribution in [1.82, 2.24) is 0 Å². The third-order valence-corrected chi connectivity index (χ3v) is 2.75. The van der Waals surface area contributed by atoms with Crippen molar-refractivity contribution < 1.29 is 18.7 Å². The van der Waals surface area contributed by atoms with Crippen LogP contribution in [-0.4, -0.2) is 18.8 Å². The molecule has 5 heteroatoms. The highest BCUT2D eigenvalue weighted by Crippen LogP contribution is 2.15. The zero-order valence-electron chi connectivity index (χ0n) is 11.1. The van der Waals surface area contributed by atoms with Crippen LogP contribution in [0.2, 0.25) is 0 Å². The number of carbonyl (C=O) groups is 2. The lowest BCUT2D eigenvalue weighted by Gasteiger charge is -2.05. The maximum Gasteiger partial charge on any atom is 0.224 e. The molecule has 5 nitrogen and oxygen atoms in total. The molecule has 1 aromatic heterocycles. The van der Waals surface area contributed by atoms with E-state index in [1.165, 1.54) is 6.26 Å². The van der Waals surface area contributed by atoms with Crippen LogP contribution in [0.3, 0.4) is 0 Å². The van der Waals surface area contributed by atoms with E-state index >= 15 is 0 Å². The van der Waals surface area contributed by atoms with E-state index < -0.39 is 0 Å². The van der Waals surface area contributed by atoms with Gasteiger partial charge in [-0.1, -0.05) is 0 Å². The Morgan fingerprint density at radius 3 is 2.50 bits per heavy atom. The van der Waals surface area contributed by atoms with Crippen LogP contribution in [0, 0.1) is 0 Å². The average molecular weight is 273 g/mol. The van der Waals surface area contributed by atoms with Gasteiger partial charge in [-0.3, -0.25) is 9.59 Å². The molecule has 0 unspecified atom stereocenters. The Morgan fingerprint density at radius 1 is 1.15 bits per heavy atom. The topological polar surface area (TPSA) is 68.5 Å². The molecule has 0 atom stereocenters. The van der Waals surface area contributed by atoms with Gasteiger partial charge in [0.1, 0.15) is 5.75 Å². The van der Waals surface area contributed by atoms with E-state index in [1.807, 2.05) is 0 Å². The van der Waals surface area contributed by atoms with Crippen molar-refractivity contribution in [2.45, 2.75) is 12.8 Å². The molecule has 104 valence electrons. The lowest BCUT2D eigenvalue weighted by molar-refractivity contribution is -0.116. The Morgan fingerprint density at radius 2 is 1.90 bits per heavy atom. The molecule has 1 aromatic carbocycles. The van der Waals surface area contributed by atoms with Crippen molar-refractivity contribution in [2.75, 3.05) is 12.4 Å². The Balaban J connectivity index is 1.81. The first-order valence-electron chi connectivity index (χ1n) is 6.19. The summed E-state index contributed by atoms with van der Waals surface area (Å²) in [5, 5.41) is 2.72. The number of carbonyl (C=O) groups excluding carboxylic acids is 2. The van der Waals surface area contributed by atoms with Crippen LogP contribution < -0.4 is 10.1 Å². The first-order valence-corrected chi connectivity index (χ1v) is 6.19. The predicted molar refractivity (Wildman–Crippen MR) is 73.9 cm³/mol. The Labute approximate surface area is 116 Å². The number of anilines is 1. The summed E-state index contributed by atoms with van der Waals surface area (Å²) >= 11 is 0. The zero-order valence-corrected chi connectivity index (χ0v) is 11.1. The quantitative estimate of drug-likeness (QED) is 0.822. The highest BCUT2D eigenvalue weighted by molar-refractivity contribution is 5.98. The number of amides is 1. The molecule has 2 aromatic rings. The van der Waals surface area contributed by atoms with Crippen LogP contribution in [0.25, 0.3) is 0 Å². The van der Waals surface area contributed by atoms with Crippen LogP contribution >= 0.6 is 0 Å². The summed E-state index contributed by atoms with van der Waals surface area (Å²) in [6.45, 7) is 0. The zero-order chi connectivity index (χ0) is 14.4. The second kappa shape index (κ2) is 6.56. The van der Waals surface area contributed by atoms with Crippen LogP contribution in [-0.2, 0) is 4.79 Å². The first kappa shape index (κ1) is 13.9. The van der Waals surface area contributed by atoms with Crippen molar-refractivity contribution in [1.29, 1.82) is 0 Å². The number of methoxy groups -OCH3 is 1. The maximum atomic E-state index is 11.7. The van der Waals surface area contributed by atoms with E-state index in [4.69, 9.17) is 9.15 Å². The predicted octanol–water partition coefficient (Wildman–Crippen LogP) is 2.89. The van der Waals surface area contributed by atoms with Gasteiger partial charge < -0.3 is 14.5 Å². The fourth-order valence-corrected chi connectivity index (χ4v) is 1.69. The van der Waals surface area contributed by atoms with Crippen LogP contribution in [0.1, 0.15) is 23.4 Å². The summed E-state index contributed by atoms with van der Waals surface area (Å²) in [7, 11) is 1.58. The molecule has 0 aliphatic rings. The Bertz CT molecular complexity index is 572. The van der Waals surface area contributed by atoms with E-state index in [0.717, 1.165) is 5.75 Å². The number of rotatable bonds is 6. The van der Waals surface area contributed by atoms with Crippen molar-refractivity contribution in [2.24, 2.45) is 0 Å². The van der Waals surface area contributed by atoms with Crippen molar-refractivity contribution in [3.05, 3.63) is 48.4 Å². The van der Waals surface area contributed by atoms with Crippen molar-refractivity contribution >= 4 is 17.4 Å². The van der Waals surface area contributed by atoms with E-state index in [0.29, 0.717) is 5.69 Å². The highest BCUT2D eigenvalue weighted by Gasteiger charge is 2.11. The number of Topliss-reactive ketones (excluding diaryl/α,β-unsaturated/α-hetero) is 1. The fourth-order valence-electron chi connectivity index (χ4n) is 1.69. The third-order valence-electron chi connectivity index (χ3n) is 2.75. The van der Waals surface area contributed by atoms with Gasteiger partial charge in [0.2, 0.25) is 5.91 Å². The molecule has 0 bridgehead atoms. The van der Waals surface area contributed by atoms with Gasteiger partial charge in [-0.05, 0) is 36.4 Å². The molecule has 1 heterocycles. The molecule has 0 spiro atoms. The normalized spacial score (nSPS) is 10.1. The van der Waals surface area contributed by atoms with Gasteiger partial charge in [0.05, 0.1) is 13.4 Å². The lowest BCUT2D eigenvalue weighted by Crippen LogP contribution is -2.13. The van der Waals surface area contributed by atoms with Crippen molar-refractivity contribution in [3.63, 3.8) is 0 Å². The molecule has 0 fully saturated rings. The minimum Gasteiger partial charge on any atom is -0.497 e. The number of furan rings is 1. The lowest BCUT2D eigenvalue weighted by atomic mass is 10.1. The second-order valence-electron chi connectivity index (χ2n) is 4.18. The van der Waals surface area contributed by atoms with E-state index in [1.54, 1.807) is 43.5 Å². The first-order chi connectivity index (χ1) is 9.69. The third kappa shape index (κ3) is 3.71. The van der Waals surface area contributed by atoms with Gasteiger partial charge >= 0.3 is 0 Å². The SMILES string of the molecule is COc1ccc(NC(=O)CCC(=O)c2ccco2)cc1. The molecular formula is C15H15NO4. The monoisotopic (exact) mass is 273 g/mol. The second-order valence-corrected chi connectivity index (χ2v) is 4.18. The van der Waals surface area contributed by atoms with E-state index in [2.05, 4.69) is 5.32 Å². The van der Waals surface area contributed by atoms with Crippen LogP contribution in [0.4, 0.5) is 5.69 Å². The number of hydrogen-bond donors (Lipinski definition) is 1. The number of hydrogen-bond acceptors (Lipinski definition) is 4. The van der Waals surface area contributed by atoms with Gasteiger partial charge in [0.15, 0.2) is 11.5 Å². The number of nitrogens with one attached hydrogen (secondary N) is 1. The highest BCUT2D eigenvalue weighted by atomic mass is 16.5. The molecule has 0 saturated heterocycles. The maximum absolute atomic E-state index is 11.7. The van der Waals surface area contributed by atoms with Gasteiger partial charge in [0, 0.05) is 18.5 Å². The van der Waals surface area contributed by atoms with Gasteiger partial charge in [-0.25, -0.2) is 0 Å². The standard InChI is InChI=1S/C15H15NO4/c1-19-12-6-4-11(5-7-12)16-15(18)9-8-13(17)14-3-2-10-20-14/h2-7,10H,8-9H2,1H3,(H,16,18). The summed E-state index contributed by atoms with van der Waals surface area (Å²) in [5.41, 5.74) is 0.668. The summed E-state index contributed by atoms with van der Waals surface area (Å²) in [5.74, 6) is 0.605. The number of benzene rings is 1. The van der Waals surface area contributed by atoms with Gasteiger partial charge in [-0.2, -0.15) is 0 Å². The molecule has 0 aliphatic carbocycles. The molecule has 0 saturated carbocycles. The smallest absolute Gasteiger partial charge is 0.224 e. The van der Waals surface area contributed by atoms with Crippen molar-refractivity contribution in [3.8, 4) is 5.75 Å². The molecule has 0 aliphatic heterocycles. The van der Waals surface area contributed by atoms with E-state index in [-0.39, 0.29) is 30.3 Å². The van der Waals surface area contributed by atoms with E-state index in [9.17, 15) is 9.59 Å². The molecular weight excluding hydrogens is 258 g/mol. The minimum atomic E-state index is -0.213. The van der Waals surface area contributed by atoms with Gasteiger partial charge in [-0.15, -0.1) is 0 Å². The summed E-state index contributed by atoms with van der Waals surface area (Å²) in [6, 6.07) is 10.2. The Hall–Kier alpha value is -2.56. The minimum absolute atomic E-state index is 0.117. The average Bonchev–Trinajstić information content (AvgIpc) is 3.00.